The third-order valence-corrected chi connectivity index (χ3v) is 3.25. The molecule has 21 heavy (non-hydrogen) atoms. The van der Waals surface area contributed by atoms with Gasteiger partial charge in [-0.15, -0.1) is 0 Å². The number of aliphatic hydroxyl groups is 3. The lowest BCUT2D eigenvalue weighted by Crippen LogP contribution is -2.65. The first-order valence-electron chi connectivity index (χ1n) is 6.64. The predicted molar refractivity (Wildman–Crippen MR) is 72.4 cm³/mol. The summed E-state index contributed by atoms with van der Waals surface area (Å²) in [5, 5.41) is 31.7. The van der Waals surface area contributed by atoms with Crippen molar-refractivity contribution in [2.24, 2.45) is 0 Å². The van der Waals surface area contributed by atoms with Crippen LogP contribution in [0.1, 0.15) is 6.92 Å². The van der Waals surface area contributed by atoms with Gasteiger partial charge in [0.15, 0.2) is 0 Å². The molecule has 0 bridgehead atoms. The van der Waals surface area contributed by atoms with Crippen LogP contribution < -0.4 is 10.1 Å². The van der Waals surface area contributed by atoms with E-state index in [2.05, 4.69) is 5.32 Å². The molecule has 7 heteroatoms. The molecule has 1 amide bonds. The molecular weight excluding hydrogens is 278 g/mol. The highest BCUT2D eigenvalue weighted by Crippen LogP contribution is 2.24. The number of rotatable bonds is 4. The lowest BCUT2D eigenvalue weighted by atomic mass is 9.97. The average molecular weight is 297 g/mol. The Hall–Kier alpha value is -1.67. The number of benzene rings is 1. The van der Waals surface area contributed by atoms with E-state index in [1.54, 1.807) is 24.3 Å². The fourth-order valence-corrected chi connectivity index (χ4v) is 2.20. The number of hydrogen-bond acceptors (Lipinski definition) is 6. The van der Waals surface area contributed by atoms with Crippen LogP contribution in [0.15, 0.2) is 30.3 Å². The van der Waals surface area contributed by atoms with Crippen LogP contribution in [-0.4, -0.2) is 58.5 Å². The first kappa shape index (κ1) is 15.7. The summed E-state index contributed by atoms with van der Waals surface area (Å²) < 4.78 is 11.0. The molecule has 4 N–H and O–H groups in total. The van der Waals surface area contributed by atoms with Gasteiger partial charge < -0.3 is 30.1 Å². The molecule has 1 saturated heterocycles. The molecule has 1 aliphatic rings. The molecule has 2 unspecified atom stereocenters. The molecule has 0 radical (unpaired) electrons. The van der Waals surface area contributed by atoms with Crippen molar-refractivity contribution in [3.05, 3.63) is 30.3 Å². The van der Waals surface area contributed by atoms with Crippen LogP contribution >= 0.6 is 0 Å². The van der Waals surface area contributed by atoms with Crippen LogP contribution in [0.5, 0.6) is 5.75 Å². The quantitative estimate of drug-likeness (QED) is 0.568. The Morgan fingerprint density at radius 1 is 1.29 bits per heavy atom. The van der Waals surface area contributed by atoms with Crippen molar-refractivity contribution in [3.8, 4) is 5.75 Å². The predicted octanol–water partition coefficient (Wildman–Crippen LogP) is -0.991. The zero-order valence-corrected chi connectivity index (χ0v) is 11.5. The van der Waals surface area contributed by atoms with E-state index >= 15 is 0 Å². The standard InChI is InChI=1S/C14H19NO6/c1-8(17)15-11-13(19)12(18)10(7-16)21-14(11)20-9-5-3-2-4-6-9/h2-6,10-14,16,18-19H,7H2,1H3,(H,15,17)/t10?,11-,12-,13+,14?/m0/s1. The van der Waals surface area contributed by atoms with E-state index in [4.69, 9.17) is 9.47 Å². The van der Waals surface area contributed by atoms with Gasteiger partial charge in [-0.3, -0.25) is 4.79 Å². The van der Waals surface area contributed by atoms with Gasteiger partial charge in [0.25, 0.3) is 0 Å². The maximum absolute atomic E-state index is 11.2. The second-order valence-corrected chi connectivity index (χ2v) is 4.86. The van der Waals surface area contributed by atoms with Crippen molar-refractivity contribution in [1.82, 2.24) is 5.32 Å². The van der Waals surface area contributed by atoms with Gasteiger partial charge in [0.1, 0.15) is 30.1 Å². The summed E-state index contributed by atoms with van der Waals surface area (Å²) >= 11 is 0. The minimum atomic E-state index is -1.32. The van der Waals surface area contributed by atoms with E-state index in [-0.39, 0.29) is 5.91 Å². The summed E-state index contributed by atoms with van der Waals surface area (Å²) in [5.41, 5.74) is 0. The molecule has 5 atom stereocenters. The number of carbonyl (C=O) groups is 1. The van der Waals surface area contributed by atoms with Gasteiger partial charge in [0, 0.05) is 6.92 Å². The van der Waals surface area contributed by atoms with Crippen LogP contribution in [-0.2, 0) is 9.53 Å². The van der Waals surface area contributed by atoms with Crippen LogP contribution in [0.3, 0.4) is 0 Å². The van der Waals surface area contributed by atoms with E-state index in [1.807, 2.05) is 6.07 Å². The van der Waals surface area contributed by atoms with Crippen molar-refractivity contribution in [2.45, 2.75) is 37.6 Å². The van der Waals surface area contributed by atoms with Gasteiger partial charge in [-0.05, 0) is 12.1 Å². The normalized spacial score (nSPS) is 32.5. The number of carbonyl (C=O) groups excluding carboxylic acids is 1. The Kier molecular flexibility index (Phi) is 5.13. The molecular formula is C14H19NO6. The first-order chi connectivity index (χ1) is 10.0. The third kappa shape index (κ3) is 3.70. The Morgan fingerprint density at radius 2 is 1.95 bits per heavy atom. The molecule has 0 aliphatic carbocycles. The number of amides is 1. The van der Waals surface area contributed by atoms with E-state index in [0.717, 1.165) is 0 Å². The van der Waals surface area contributed by atoms with Crippen molar-refractivity contribution in [1.29, 1.82) is 0 Å². The number of aliphatic hydroxyl groups excluding tert-OH is 3. The summed E-state index contributed by atoms with van der Waals surface area (Å²) in [6, 6.07) is 7.79. The van der Waals surface area contributed by atoms with Gasteiger partial charge in [-0.25, -0.2) is 0 Å². The average Bonchev–Trinajstić information content (AvgIpc) is 2.47. The highest BCUT2D eigenvalue weighted by molar-refractivity contribution is 5.73. The minimum Gasteiger partial charge on any atom is -0.463 e. The summed E-state index contributed by atoms with van der Waals surface area (Å²) in [6.45, 7) is 0.816. The van der Waals surface area contributed by atoms with E-state index in [1.165, 1.54) is 6.92 Å². The van der Waals surface area contributed by atoms with Crippen molar-refractivity contribution >= 4 is 5.91 Å². The molecule has 0 saturated carbocycles. The van der Waals surface area contributed by atoms with Crippen LogP contribution in [0, 0.1) is 0 Å². The van der Waals surface area contributed by atoms with Gasteiger partial charge in [-0.1, -0.05) is 18.2 Å². The zero-order chi connectivity index (χ0) is 15.4. The van der Waals surface area contributed by atoms with E-state index < -0.39 is 37.3 Å². The topological polar surface area (TPSA) is 108 Å². The van der Waals surface area contributed by atoms with Crippen molar-refractivity contribution < 1.29 is 29.6 Å². The third-order valence-electron chi connectivity index (χ3n) is 3.25. The number of hydrogen-bond donors (Lipinski definition) is 4. The Balaban J connectivity index is 2.18. The molecule has 0 spiro atoms. The first-order valence-corrected chi connectivity index (χ1v) is 6.64. The van der Waals surface area contributed by atoms with Gasteiger partial charge in [-0.2, -0.15) is 0 Å². The lowest BCUT2D eigenvalue weighted by molar-refractivity contribution is -0.244. The van der Waals surface area contributed by atoms with Crippen molar-refractivity contribution in [2.75, 3.05) is 6.61 Å². The van der Waals surface area contributed by atoms with Gasteiger partial charge in [0.05, 0.1) is 6.61 Å². The zero-order valence-electron chi connectivity index (χ0n) is 11.5. The SMILES string of the molecule is CC(=O)N[C@@H]1C(Oc2ccccc2)OC(CO)[C@H](O)[C@@H]1O. The fraction of sp³-hybridized carbons (Fsp3) is 0.500. The molecule has 7 nitrogen and oxygen atoms in total. The molecule has 116 valence electrons. The molecule has 1 aromatic rings. The summed E-state index contributed by atoms with van der Waals surface area (Å²) in [4.78, 5) is 11.2. The van der Waals surface area contributed by atoms with E-state index in [9.17, 15) is 20.1 Å². The smallest absolute Gasteiger partial charge is 0.223 e. The lowest BCUT2D eigenvalue weighted by Gasteiger charge is -2.42. The molecule has 1 fully saturated rings. The minimum absolute atomic E-state index is 0.390. The highest BCUT2D eigenvalue weighted by atomic mass is 16.7. The number of para-hydroxylation sites is 1. The Morgan fingerprint density at radius 3 is 2.52 bits per heavy atom. The van der Waals surface area contributed by atoms with Crippen molar-refractivity contribution in [3.63, 3.8) is 0 Å². The summed E-state index contributed by atoms with van der Waals surface area (Å²) in [6.07, 6.45) is -4.64. The second-order valence-electron chi connectivity index (χ2n) is 4.86. The molecule has 1 aromatic carbocycles. The van der Waals surface area contributed by atoms with Crippen LogP contribution in [0.4, 0.5) is 0 Å². The fourth-order valence-electron chi connectivity index (χ4n) is 2.20. The largest absolute Gasteiger partial charge is 0.463 e. The molecule has 0 aromatic heterocycles. The maximum Gasteiger partial charge on any atom is 0.223 e. The van der Waals surface area contributed by atoms with Gasteiger partial charge in [0.2, 0.25) is 12.2 Å². The Bertz CT molecular complexity index is 468. The monoisotopic (exact) mass is 297 g/mol. The van der Waals surface area contributed by atoms with Gasteiger partial charge >= 0.3 is 0 Å². The Labute approximate surface area is 122 Å². The molecule has 1 aliphatic heterocycles. The summed E-state index contributed by atoms with van der Waals surface area (Å²) in [5.74, 6) is 0.0945. The van der Waals surface area contributed by atoms with E-state index in [0.29, 0.717) is 5.75 Å². The summed E-state index contributed by atoms with van der Waals surface area (Å²) in [7, 11) is 0. The number of nitrogens with one attached hydrogen (secondary N) is 1. The molecule has 2 rings (SSSR count). The van der Waals surface area contributed by atoms with Crippen LogP contribution in [0.25, 0.3) is 0 Å². The highest BCUT2D eigenvalue weighted by Gasteiger charge is 2.45. The number of ether oxygens (including phenoxy) is 2. The maximum atomic E-state index is 11.2. The van der Waals surface area contributed by atoms with Crippen LogP contribution in [0.2, 0.25) is 0 Å². The molecule has 1 heterocycles. The second kappa shape index (κ2) is 6.86.